The van der Waals surface area contributed by atoms with Gasteiger partial charge in [-0.1, -0.05) is 24.3 Å². The lowest BCUT2D eigenvalue weighted by molar-refractivity contribution is -0.120. The summed E-state index contributed by atoms with van der Waals surface area (Å²) < 4.78 is 13.1. The van der Waals surface area contributed by atoms with Crippen LogP contribution in [0.3, 0.4) is 0 Å². The average Bonchev–Trinajstić information content (AvgIpc) is 3.03. The maximum atomic E-state index is 13.1. The molecule has 0 spiro atoms. The number of aromatic nitrogens is 1. The van der Waals surface area contributed by atoms with Crippen molar-refractivity contribution in [1.29, 1.82) is 0 Å². The van der Waals surface area contributed by atoms with Crippen LogP contribution < -0.4 is 10.7 Å². The number of hydrogen-bond acceptors (Lipinski definition) is 3. The Morgan fingerprint density at radius 1 is 1.16 bits per heavy atom. The van der Waals surface area contributed by atoms with Crippen LogP contribution in [0.2, 0.25) is 0 Å². The molecule has 1 aromatic heterocycles. The molecule has 0 radical (unpaired) electrons. The van der Waals surface area contributed by atoms with Crippen molar-refractivity contribution in [3.8, 4) is 0 Å². The molecule has 7 heteroatoms. The van der Waals surface area contributed by atoms with E-state index < -0.39 is 17.6 Å². The summed E-state index contributed by atoms with van der Waals surface area (Å²) in [6, 6.07) is 12.9. The van der Waals surface area contributed by atoms with Crippen LogP contribution in [0.5, 0.6) is 0 Å². The predicted molar refractivity (Wildman–Crippen MR) is 92.8 cm³/mol. The van der Waals surface area contributed by atoms with Crippen molar-refractivity contribution < 1.29 is 14.0 Å². The van der Waals surface area contributed by atoms with E-state index in [-0.39, 0.29) is 12.1 Å². The number of amides is 2. The van der Waals surface area contributed by atoms with Crippen LogP contribution in [-0.4, -0.2) is 29.6 Å². The molecule has 25 heavy (non-hydrogen) atoms. The van der Waals surface area contributed by atoms with Gasteiger partial charge in [0.25, 0.3) is 11.8 Å². The minimum absolute atomic E-state index is 0.148. The number of H-pyrrole nitrogens is 1. The van der Waals surface area contributed by atoms with Crippen LogP contribution >= 0.6 is 0 Å². The van der Waals surface area contributed by atoms with Crippen molar-refractivity contribution in [2.45, 2.75) is 0 Å². The summed E-state index contributed by atoms with van der Waals surface area (Å²) in [5.74, 6) is -1.53. The first-order valence-corrected chi connectivity index (χ1v) is 7.55. The van der Waals surface area contributed by atoms with Crippen molar-refractivity contribution in [3.63, 3.8) is 0 Å². The molecule has 3 N–H and O–H groups in total. The molecule has 2 amide bonds. The molecule has 0 aliphatic heterocycles. The predicted octanol–water partition coefficient (Wildman–Crippen LogP) is 2.19. The van der Waals surface area contributed by atoms with E-state index in [1.54, 1.807) is 6.20 Å². The largest absolute Gasteiger partial charge is 0.361 e. The van der Waals surface area contributed by atoms with Gasteiger partial charge in [0.1, 0.15) is 5.82 Å². The minimum atomic E-state index is -0.532. The quantitative estimate of drug-likeness (QED) is 0.492. The summed E-state index contributed by atoms with van der Waals surface area (Å²) >= 11 is 0. The third-order valence-electron chi connectivity index (χ3n) is 3.51. The molecule has 126 valence electrons. The molecule has 0 atom stereocenters. The molecule has 0 saturated heterocycles. The van der Waals surface area contributed by atoms with Crippen LogP contribution in [0.25, 0.3) is 10.9 Å². The highest BCUT2D eigenvalue weighted by Crippen LogP contribution is 2.15. The standard InChI is InChI=1S/C18H15FN4O2/c19-14-5-3-4-12(8-14)18(25)21-11-17(24)23-22-10-13-9-20-16-7-2-1-6-15(13)16/h1-10,20H,11H2,(H,21,25)(H,23,24)/b22-10+. The Morgan fingerprint density at radius 2 is 2.00 bits per heavy atom. The Labute approximate surface area is 142 Å². The van der Waals surface area contributed by atoms with Crippen LogP contribution in [-0.2, 0) is 4.79 Å². The van der Waals surface area contributed by atoms with E-state index in [1.807, 2.05) is 24.3 Å². The smallest absolute Gasteiger partial charge is 0.259 e. The fourth-order valence-corrected chi connectivity index (χ4v) is 2.31. The summed E-state index contributed by atoms with van der Waals surface area (Å²) in [7, 11) is 0. The number of carbonyl (C=O) groups is 2. The van der Waals surface area contributed by atoms with Gasteiger partial charge in [0, 0.05) is 28.2 Å². The first-order chi connectivity index (χ1) is 12.1. The van der Waals surface area contributed by atoms with E-state index in [0.29, 0.717) is 0 Å². The van der Waals surface area contributed by atoms with Gasteiger partial charge < -0.3 is 10.3 Å². The Morgan fingerprint density at radius 3 is 2.84 bits per heavy atom. The summed E-state index contributed by atoms with van der Waals surface area (Å²) in [4.78, 5) is 26.6. The average molecular weight is 338 g/mol. The van der Waals surface area contributed by atoms with Gasteiger partial charge in [-0.25, -0.2) is 9.82 Å². The van der Waals surface area contributed by atoms with Crippen molar-refractivity contribution in [2.24, 2.45) is 5.10 Å². The van der Waals surface area contributed by atoms with Gasteiger partial charge in [-0.3, -0.25) is 9.59 Å². The maximum absolute atomic E-state index is 13.1. The molecule has 0 bridgehead atoms. The Bertz CT molecular complexity index is 949. The van der Waals surface area contributed by atoms with E-state index in [4.69, 9.17) is 0 Å². The molecule has 0 saturated carbocycles. The van der Waals surface area contributed by atoms with Gasteiger partial charge in [-0.05, 0) is 24.3 Å². The van der Waals surface area contributed by atoms with Gasteiger partial charge in [0.2, 0.25) is 0 Å². The molecule has 3 rings (SSSR count). The normalized spacial score (nSPS) is 10.9. The number of hydrazone groups is 1. The fourth-order valence-electron chi connectivity index (χ4n) is 2.31. The molecule has 1 heterocycles. The number of aromatic amines is 1. The van der Waals surface area contributed by atoms with Crippen molar-refractivity contribution in [2.75, 3.05) is 6.54 Å². The number of fused-ring (bicyclic) bond motifs is 1. The van der Waals surface area contributed by atoms with Crippen molar-refractivity contribution in [3.05, 3.63) is 71.7 Å². The highest BCUT2D eigenvalue weighted by molar-refractivity contribution is 5.99. The molecule has 6 nitrogen and oxygen atoms in total. The van der Waals surface area contributed by atoms with E-state index in [9.17, 15) is 14.0 Å². The third-order valence-corrected chi connectivity index (χ3v) is 3.51. The molecule has 0 aliphatic rings. The van der Waals surface area contributed by atoms with Crippen molar-refractivity contribution in [1.82, 2.24) is 15.7 Å². The van der Waals surface area contributed by atoms with Crippen LogP contribution in [0, 0.1) is 5.82 Å². The molecular weight excluding hydrogens is 323 g/mol. The number of nitrogens with zero attached hydrogens (tertiary/aromatic N) is 1. The second-order valence-electron chi connectivity index (χ2n) is 5.28. The first-order valence-electron chi connectivity index (χ1n) is 7.55. The highest BCUT2D eigenvalue weighted by atomic mass is 19.1. The monoisotopic (exact) mass is 338 g/mol. The summed E-state index contributed by atoms with van der Waals surface area (Å²) in [5, 5.41) is 7.26. The number of hydrogen-bond donors (Lipinski definition) is 3. The minimum Gasteiger partial charge on any atom is -0.361 e. The maximum Gasteiger partial charge on any atom is 0.259 e. The van der Waals surface area contributed by atoms with Crippen molar-refractivity contribution >= 4 is 28.9 Å². The number of rotatable bonds is 5. The zero-order valence-electron chi connectivity index (χ0n) is 13.1. The summed E-state index contributed by atoms with van der Waals surface area (Å²) in [6.07, 6.45) is 3.30. The van der Waals surface area contributed by atoms with Gasteiger partial charge in [-0.15, -0.1) is 0 Å². The SMILES string of the molecule is O=C(CNC(=O)c1cccc(F)c1)N/N=C/c1c[nH]c2ccccc12. The van der Waals surface area contributed by atoms with E-state index in [2.05, 4.69) is 20.8 Å². The lowest BCUT2D eigenvalue weighted by Gasteiger charge is -2.04. The number of benzene rings is 2. The first kappa shape index (κ1) is 16.4. The van der Waals surface area contributed by atoms with Crippen LogP contribution in [0.15, 0.2) is 59.8 Å². The lowest BCUT2D eigenvalue weighted by atomic mass is 10.2. The zero-order valence-corrected chi connectivity index (χ0v) is 13.1. The second kappa shape index (κ2) is 7.39. The van der Waals surface area contributed by atoms with Gasteiger partial charge >= 0.3 is 0 Å². The molecule has 3 aromatic rings. The molecule has 0 fully saturated rings. The molecular formula is C18H15FN4O2. The van der Waals surface area contributed by atoms with E-state index >= 15 is 0 Å². The van der Waals surface area contributed by atoms with Gasteiger partial charge in [-0.2, -0.15) is 5.10 Å². The fraction of sp³-hybridized carbons (Fsp3) is 0.0556. The second-order valence-corrected chi connectivity index (χ2v) is 5.28. The Kier molecular flexibility index (Phi) is 4.84. The Hall–Kier alpha value is -3.48. The number of nitrogens with one attached hydrogen (secondary N) is 3. The van der Waals surface area contributed by atoms with E-state index in [1.165, 1.54) is 24.4 Å². The zero-order chi connectivity index (χ0) is 17.6. The van der Waals surface area contributed by atoms with Crippen LogP contribution in [0.1, 0.15) is 15.9 Å². The topological polar surface area (TPSA) is 86.3 Å². The lowest BCUT2D eigenvalue weighted by Crippen LogP contribution is -2.34. The van der Waals surface area contributed by atoms with Crippen LogP contribution in [0.4, 0.5) is 4.39 Å². The van der Waals surface area contributed by atoms with Gasteiger partial charge in [0.05, 0.1) is 12.8 Å². The highest BCUT2D eigenvalue weighted by Gasteiger charge is 2.08. The molecule has 2 aromatic carbocycles. The van der Waals surface area contributed by atoms with Gasteiger partial charge in [0.15, 0.2) is 0 Å². The summed E-state index contributed by atoms with van der Waals surface area (Å²) in [6.45, 7) is -0.263. The van der Waals surface area contributed by atoms with E-state index in [0.717, 1.165) is 22.5 Å². The third kappa shape index (κ3) is 4.08. The Balaban J connectivity index is 1.52. The summed E-state index contributed by atoms with van der Waals surface area (Å²) in [5.41, 5.74) is 4.28. The number of halogens is 1. The molecule has 0 unspecified atom stereocenters. The molecule has 0 aliphatic carbocycles. The number of carbonyl (C=O) groups excluding carboxylic acids is 2. The number of para-hydroxylation sites is 1.